The Kier molecular flexibility index (Phi) is 6.42. The van der Waals surface area contributed by atoms with E-state index in [1.807, 2.05) is 37.3 Å². The van der Waals surface area contributed by atoms with E-state index in [0.717, 1.165) is 15.3 Å². The molecule has 2 unspecified atom stereocenters. The molecule has 0 aliphatic carbocycles. The number of hydrogen-bond donors (Lipinski definition) is 2. The fourth-order valence-electron chi connectivity index (χ4n) is 3.22. The van der Waals surface area contributed by atoms with Crippen LogP contribution in [0.2, 0.25) is 0 Å². The number of fused-ring (bicyclic) bond motifs is 1. The van der Waals surface area contributed by atoms with Crippen LogP contribution in [0.5, 0.6) is 0 Å². The summed E-state index contributed by atoms with van der Waals surface area (Å²) in [5, 5.41) is 4.64. The van der Waals surface area contributed by atoms with E-state index < -0.39 is 17.3 Å². The summed E-state index contributed by atoms with van der Waals surface area (Å²) in [4.78, 5) is 26.2. The highest BCUT2D eigenvalue weighted by molar-refractivity contribution is 7.77. The quantitative estimate of drug-likeness (QED) is 0.416. The third-order valence-corrected chi connectivity index (χ3v) is 5.97. The summed E-state index contributed by atoms with van der Waals surface area (Å²) >= 11 is -0.999. The van der Waals surface area contributed by atoms with Gasteiger partial charge in [-0.3, -0.25) is 19.0 Å². The summed E-state index contributed by atoms with van der Waals surface area (Å²) in [5.41, 5.74) is 2.22. The number of pyridine rings is 2. The van der Waals surface area contributed by atoms with Crippen LogP contribution in [0.4, 0.5) is 0 Å². The Morgan fingerprint density at radius 2 is 1.97 bits per heavy atom. The van der Waals surface area contributed by atoms with Gasteiger partial charge in [0.2, 0.25) is 0 Å². The Balaban J connectivity index is 1.58. The van der Waals surface area contributed by atoms with Crippen molar-refractivity contribution in [2.45, 2.75) is 19.5 Å². The standard InChI is InChI=1S/C21H19N5O3S2/c1-13-23-11-16(30-13)12-25-21(27)18-8-7-15(10-24-18)20(26-31(28)29)17-6-2-4-14-5-3-9-22-19(14)17/h2-11,20,26H,12H2,1H3,(H,25,27)(H,28,29)/p-1. The van der Waals surface area contributed by atoms with E-state index >= 15 is 0 Å². The van der Waals surface area contributed by atoms with Crippen molar-refractivity contribution >= 4 is 39.4 Å². The molecule has 1 aromatic carbocycles. The number of aryl methyl sites for hydroxylation is 1. The Morgan fingerprint density at radius 1 is 1.13 bits per heavy atom. The molecule has 0 saturated heterocycles. The molecule has 8 nitrogen and oxygen atoms in total. The van der Waals surface area contributed by atoms with Gasteiger partial charge in [-0.25, -0.2) is 9.71 Å². The summed E-state index contributed by atoms with van der Waals surface area (Å²) in [7, 11) is 0. The third-order valence-electron chi connectivity index (χ3n) is 4.63. The zero-order chi connectivity index (χ0) is 21.8. The summed E-state index contributed by atoms with van der Waals surface area (Å²) in [6, 6.07) is 11.9. The lowest BCUT2D eigenvalue weighted by atomic mass is 9.98. The van der Waals surface area contributed by atoms with Crippen molar-refractivity contribution in [1.29, 1.82) is 0 Å². The Labute approximate surface area is 185 Å². The molecule has 0 aliphatic heterocycles. The molecule has 3 heterocycles. The van der Waals surface area contributed by atoms with Gasteiger partial charge in [0.1, 0.15) is 5.69 Å². The SMILES string of the molecule is Cc1ncc(CNC(=O)c2ccc(C(NS(=O)[O-])c3cccc4cccnc34)cn2)s1. The normalized spacial score (nSPS) is 13.1. The number of hydrogen-bond acceptors (Lipinski definition) is 7. The van der Waals surface area contributed by atoms with Gasteiger partial charge in [-0.15, -0.1) is 11.3 Å². The van der Waals surface area contributed by atoms with E-state index in [2.05, 4.69) is 25.0 Å². The molecule has 0 radical (unpaired) electrons. The molecule has 158 valence electrons. The second-order valence-electron chi connectivity index (χ2n) is 6.71. The van der Waals surface area contributed by atoms with E-state index in [1.54, 1.807) is 24.5 Å². The van der Waals surface area contributed by atoms with Gasteiger partial charge in [-0.05, 0) is 24.6 Å². The van der Waals surface area contributed by atoms with E-state index in [4.69, 9.17) is 0 Å². The average molecular weight is 453 g/mol. The fourth-order valence-corrected chi connectivity index (χ4v) is 4.41. The van der Waals surface area contributed by atoms with E-state index in [1.165, 1.54) is 17.5 Å². The van der Waals surface area contributed by atoms with Crippen molar-refractivity contribution in [3.8, 4) is 0 Å². The van der Waals surface area contributed by atoms with Crippen LogP contribution in [0.3, 0.4) is 0 Å². The van der Waals surface area contributed by atoms with Crippen molar-refractivity contribution in [1.82, 2.24) is 25.0 Å². The Morgan fingerprint density at radius 3 is 2.68 bits per heavy atom. The maximum absolute atomic E-state index is 12.4. The molecule has 0 saturated carbocycles. The van der Waals surface area contributed by atoms with Gasteiger partial charge in [0, 0.05) is 45.7 Å². The molecule has 0 fully saturated rings. The van der Waals surface area contributed by atoms with E-state index in [-0.39, 0.29) is 11.6 Å². The highest BCUT2D eigenvalue weighted by atomic mass is 32.2. The monoisotopic (exact) mass is 452 g/mol. The molecule has 2 N–H and O–H groups in total. The van der Waals surface area contributed by atoms with Gasteiger partial charge < -0.3 is 9.87 Å². The van der Waals surface area contributed by atoms with Crippen LogP contribution >= 0.6 is 11.3 Å². The maximum atomic E-state index is 12.4. The molecule has 2 atom stereocenters. The highest BCUT2D eigenvalue weighted by Crippen LogP contribution is 2.28. The predicted molar refractivity (Wildman–Crippen MR) is 118 cm³/mol. The summed E-state index contributed by atoms with van der Waals surface area (Å²) in [6.45, 7) is 2.27. The molecular formula is C21H18N5O3S2-. The minimum absolute atomic E-state index is 0.239. The number of nitrogens with zero attached hydrogens (tertiary/aromatic N) is 3. The fraction of sp³-hybridized carbons (Fsp3) is 0.143. The van der Waals surface area contributed by atoms with Gasteiger partial charge in [0.15, 0.2) is 0 Å². The molecule has 1 amide bonds. The molecule has 0 aliphatic rings. The first kappa shape index (κ1) is 21.2. The Bertz CT molecular complexity index is 1240. The predicted octanol–water partition coefficient (Wildman–Crippen LogP) is 2.80. The number of rotatable bonds is 7. The van der Waals surface area contributed by atoms with Gasteiger partial charge >= 0.3 is 0 Å². The molecule has 10 heteroatoms. The van der Waals surface area contributed by atoms with Gasteiger partial charge in [-0.2, -0.15) is 0 Å². The first-order chi connectivity index (χ1) is 15.0. The van der Waals surface area contributed by atoms with Crippen LogP contribution in [-0.4, -0.2) is 29.6 Å². The van der Waals surface area contributed by atoms with Crippen molar-refractivity contribution in [2.75, 3.05) is 0 Å². The second kappa shape index (κ2) is 9.40. The highest BCUT2D eigenvalue weighted by Gasteiger charge is 2.19. The number of carbonyl (C=O) groups excluding carboxylic acids is 1. The van der Waals surface area contributed by atoms with Gasteiger partial charge in [0.25, 0.3) is 5.91 Å². The largest absolute Gasteiger partial charge is 0.760 e. The van der Waals surface area contributed by atoms with Crippen LogP contribution < -0.4 is 10.0 Å². The smallest absolute Gasteiger partial charge is 0.270 e. The van der Waals surface area contributed by atoms with Crippen molar-refractivity contribution < 1.29 is 13.6 Å². The van der Waals surface area contributed by atoms with Crippen LogP contribution in [-0.2, 0) is 17.8 Å². The van der Waals surface area contributed by atoms with Gasteiger partial charge in [0.05, 0.1) is 23.1 Å². The minimum atomic E-state index is -2.52. The van der Waals surface area contributed by atoms with Crippen molar-refractivity contribution in [2.24, 2.45) is 0 Å². The van der Waals surface area contributed by atoms with Crippen LogP contribution in [0, 0.1) is 6.92 Å². The van der Waals surface area contributed by atoms with Crippen molar-refractivity contribution in [3.63, 3.8) is 0 Å². The molecule has 0 bridgehead atoms. The maximum Gasteiger partial charge on any atom is 0.270 e. The number of nitrogens with one attached hydrogen (secondary N) is 2. The van der Waals surface area contributed by atoms with Crippen molar-refractivity contribution in [3.05, 3.63) is 87.8 Å². The van der Waals surface area contributed by atoms with Gasteiger partial charge in [-0.1, -0.05) is 30.3 Å². The first-order valence-electron chi connectivity index (χ1n) is 9.36. The molecule has 0 spiro atoms. The van der Waals surface area contributed by atoms with E-state index in [0.29, 0.717) is 23.2 Å². The van der Waals surface area contributed by atoms with Crippen LogP contribution in [0.25, 0.3) is 10.9 Å². The molecular weight excluding hydrogens is 434 g/mol. The summed E-state index contributed by atoms with van der Waals surface area (Å²) in [5.74, 6) is -0.318. The lowest BCUT2D eigenvalue weighted by molar-refractivity contribution is 0.0946. The molecule has 4 aromatic rings. The number of para-hydroxylation sites is 1. The number of amides is 1. The van der Waals surface area contributed by atoms with E-state index in [9.17, 15) is 13.6 Å². The van der Waals surface area contributed by atoms with Crippen LogP contribution in [0.1, 0.15) is 37.5 Å². The number of aromatic nitrogens is 3. The average Bonchev–Trinajstić information content (AvgIpc) is 3.20. The first-order valence-corrected chi connectivity index (χ1v) is 11.2. The molecule has 31 heavy (non-hydrogen) atoms. The zero-order valence-corrected chi connectivity index (χ0v) is 18.1. The molecule has 4 rings (SSSR count). The number of carbonyl (C=O) groups is 1. The summed E-state index contributed by atoms with van der Waals surface area (Å²) < 4.78 is 25.5. The zero-order valence-electron chi connectivity index (χ0n) is 16.4. The number of thiazole rings is 1. The summed E-state index contributed by atoms with van der Waals surface area (Å²) in [6.07, 6.45) is 4.89. The van der Waals surface area contributed by atoms with Crippen LogP contribution in [0.15, 0.2) is 61.1 Å². The Hall–Kier alpha value is -3.05. The third kappa shape index (κ3) is 5.00. The number of benzene rings is 1. The lowest BCUT2D eigenvalue weighted by Gasteiger charge is -2.22. The lowest BCUT2D eigenvalue weighted by Crippen LogP contribution is -2.26. The molecule has 3 aromatic heterocycles. The topological polar surface area (TPSA) is 120 Å². The second-order valence-corrected chi connectivity index (χ2v) is 8.74. The minimum Gasteiger partial charge on any atom is -0.760 e.